The highest BCUT2D eigenvalue weighted by atomic mass is 32.2. The molecule has 21 heavy (non-hydrogen) atoms. The van der Waals surface area contributed by atoms with Gasteiger partial charge in [-0.05, 0) is 23.5 Å². The summed E-state index contributed by atoms with van der Waals surface area (Å²) in [5, 5.41) is 0. The van der Waals surface area contributed by atoms with E-state index >= 15 is 0 Å². The molecule has 0 N–H and O–H groups in total. The van der Waals surface area contributed by atoms with Crippen molar-refractivity contribution in [3.8, 4) is 0 Å². The molecule has 3 rings (SSSR count). The second-order valence-corrected chi connectivity index (χ2v) is 8.94. The van der Waals surface area contributed by atoms with Gasteiger partial charge in [-0.2, -0.15) is 0 Å². The first-order valence-corrected chi connectivity index (χ1v) is 9.64. The van der Waals surface area contributed by atoms with Crippen molar-refractivity contribution in [2.24, 2.45) is 5.92 Å². The van der Waals surface area contributed by atoms with Gasteiger partial charge in [0.05, 0.1) is 16.3 Å². The second-order valence-electron chi connectivity index (χ2n) is 5.83. The largest absolute Gasteiger partial charge is 0.369 e. The molecule has 0 amide bonds. The van der Waals surface area contributed by atoms with Crippen LogP contribution in [0.15, 0.2) is 30.3 Å². The standard InChI is InChI=1S/C17H22O2S2/c1-13-15(8-9-18)19-16(14-6-3-2-4-7-14)12-17(13)20-10-5-11-21-17/h2-4,6-7,9,13,15-16H,5,8,10-12H2,1H3/t13-,15-,16+/m1/s1. The molecule has 0 aliphatic carbocycles. The average Bonchev–Trinajstić information content (AvgIpc) is 2.54. The minimum absolute atomic E-state index is 0.0413. The van der Waals surface area contributed by atoms with Crippen molar-refractivity contribution in [3.05, 3.63) is 35.9 Å². The first-order valence-electron chi connectivity index (χ1n) is 7.67. The van der Waals surface area contributed by atoms with Crippen molar-refractivity contribution >= 4 is 29.8 Å². The zero-order chi connectivity index (χ0) is 14.7. The minimum atomic E-state index is 0.0413. The Bertz CT molecular complexity index is 471. The number of carbonyl (C=O) groups is 1. The van der Waals surface area contributed by atoms with E-state index in [1.54, 1.807) is 0 Å². The van der Waals surface area contributed by atoms with Crippen molar-refractivity contribution in [2.45, 2.75) is 42.5 Å². The Morgan fingerprint density at radius 1 is 1.29 bits per heavy atom. The monoisotopic (exact) mass is 322 g/mol. The fourth-order valence-electron chi connectivity index (χ4n) is 3.29. The highest BCUT2D eigenvalue weighted by Crippen LogP contribution is 2.57. The summed E-state index contributed by atoms with van der Waals surface area (Å²) in [5.74, 6) is 2.87. The predicted molar refractivity (Wildman–Crippen MR) is 90.8 cm³/mol. The van der Waals surface area contributed by atoms with Crippen LogP contribution in [0.4, 0.5) is 0 Å². The molecule has 114 valence electrons. The lowest BCUT2D eigenvalue weighted by Gasteiger charge is -2.50. The van der Waals surface area contributed by atoms with Crippen molar-refractivity contribution in [2.75, 3.05) is 11.5 Å². The van der Waals surface area contributed by atoms with Crippen LogP contribution in [-0.2, 0) is 9.53 Å². The molecule has 0 saturated carbocycles. The lowest BCUT2D eigenvalue weighted by molar-refractivity contribution is -0.119. The van der Waals surface area contributed by atoms with Gasteiger partial charge in [0.2, 0.25) is 0 Å². The van der Waals surface area contributed by atoms with Crippen LogP contribution in [0.3, 0.4) is 0 Å². The van der Waals surface area contributed by atoms with Gasteiger partial charge < -0.3 is 9.53 Å². The molecular weight excluding hydrogens is 300 g/mol. The van der Waals surface area contributed by atoms with Crippen LogP contribution in [0.25, 0.3) is 0 Å². The highest BCUT2D eigenvalue weighted by Gasteiger charge is 2.49. The number of carbonyl (C=O) groups excluding carboxylic acids is 1. The zero-order valence-electron chi connectivity index (χ0n) is 12.4. The number of benzene rings is 1. The Morgan fingerprint density at radius 3 is 2.67 bits per heavy atom. The van der Waals surface area contributed by atoms with Gasteiger partial charge in [-0.1, -0.05) is 37.3 Å². The Morgan fingerprint density at radius 2 is 2.00 bits per heavy atom. The molecule has 0 aromatic heterocycles. The van der Waals surface area contributed by atoms with E-state index in [-0.39, 0.29) is 16.3 Å². The summed E-state index contributed by atoms with van der Waals surface area (Å²) in [6.07, 6.45) is 4.01. The summed E-state index contributed by atoms with van der Waals surface area (Å²) in [6.45, 7) is 2.26. The maximum absolute atomic E-state index is 11.0. The van der Waals surface area contributed by atoms with E-state index in [0.29, 0.717) is 12.3 Å². The van der Waals surface area contributed by atoms with Crippen LogP contribution in [0.2, 0.25) is 0 Å². The summed E-state index contributed by atoms with van der Waals surface area (Å²) < 4.78 is 6.51. The van der Waals surface area contributed by atoms with E-state index in [1.165, 1.54) is 23.5 Å². The normalized spacial score (nSPS) is 32.0. The maximum atomic E-state index is 11.0. The Labute approximate surface area is 135 Å². The van der Waals surface area contributed by atoms with Gasteiger partial charge in [-0.25, -0.2) is 0 Å². The molecule has 2 nitrogen and oxygen atoms in total. The third-order valence-corrected chi connectivity index (χ3v) is 8.29. The molecule has 1 aromatic carbocycles. The van der Waals surface area contributed by atoms with Crippen molar-refractivity contribution in [1.82, 2.24) is 0 Å². The minimum Gasteiger partial charge on any atom is -0.369 e. The van der Waals surface area contributed by atoms with E-state index < -0.39 is 0 Å². The van der Waals surface area contributed by atoms with Crippen LogP contribution in [0.5, 0.6) is 0 Å². The average molecular weight is 322 g/mol. The summed E-state index contributed by atoms with van der Waals surface area (Å²) in [7, 11) is 0. The molecule has 0 radical (unpaired) electrons. The second kappa shape index (κ2) is 6.76. The molecule has 2 heterocycles. The molecule has 4 heteroatoms. The SMILES string of the molecule is C[C@@H]1[C@@H](CC=O)O[C@H](c2ccccc2)CC12SCCCS2. The molecular formula is C17H22O2S2. The summed E-state index contributed by atoms with van der Waals surface area (Å²) in [4.78, 5) is 11.0. The van der Waals surface area contributed by atoms with Gasteiger partial charge >= 0.3 is 0 Å². The van der Waals surface area contributed by atoms with Crippen LogP contribution in [0.1, 0.15) is 37.9 Å². The number of ether oxygens (including phenoxy) is 1. The Hall–Kier alpha value is -0.450. The Balaban J connectivity index is 1.87. The molecule has 0 unspecified atom stereocenters. The molecule has 0 bridgehead atoms. The number of hydrogen-bond donors (Lipinski definition) is 0. The van der Waals surface area contributed by atoms with E-state index in [0.717, 1.165) is 12.7 Å². The van der Waals surface area contributed by atoms with Crippen molar-refractivity contribution < 1.29 is 9.53 Å². The third kappa shape index (κ3) is 3.17. The van der Waals surface area contributed by atoms with Crippen LogP contribution in [0, 0.1) is 5.92 Å². The van der Waals surface area contributed by atoms with Crippen molar-refractivity contribution in [3.63, 3.8) is 0 Å². The zero-order valence-corrected chi connectivity index (χ0v) is 14.0. The summed E-state index contributed by atoms with van der Waals surface area (Å²) in [6, 6.07) is 10.5. The number of thioether (sulfide) groups is 2. The van der Waals surface area contributed by atoms with Gasteiger partial charge in [-0.3, -0.25) is 0 Å². The van der Waals surface area contributed by atoms with Gasteiger partial charge in [0.1, 0.15) is 6.29 Å². The maximum Gasteiger partial charge on any atom is 0.122 e. The third-order valence-electron chi connectivity index (χ3n) is 4.54. The first-order chi connectivity index (χ1) is 10.2. The lowest BCUT2D eigenvalue weighted by Crippen LogP contribution is -2.47. The summed E-state index contributed by atoms with van der Waals surface area (Å²) >= 11 is 4.18. The molecule has 2 aliphatic heterocycles. The number of hydrogen-bond acceptors (Lipinski definition) is 4. The number of rotatable bonds is 3. The topological polar surface area (TPSA) is 26.3 Å². The van der Waals surface area contributed by atoms with E-state index in [2.05, 4.69) is 54.7 Å². The summed E-state index contributed by atoms with van der Waals surface area (Å²) in [5.41, 5.74) is 1.24. The smallest absolute Gasteiger partial charge is 0.122 e. The first kappa shape index (κ1) is 15.4. The van der Waals surface area contributed by atoms with Crippen LogP contribution < -0.4 is 0 Å². The quantitative estimate of drug-likeness (QED) is 0.775. The highest BCUT2D eigenvalue weighted by molar-refractivity contribution is 8.18. The molecule has 2 aliphatic rings. The molecule has 3 atom stereocenters. The van der Waals surface area contributed by atoms with E-state index in [4.69, 9.17) is 4.74 Å². The molecule has 1 spiro atoms. The fraction of sp³-hybridized carbons (Fsp3) is 0.588. The van der Waals surface area contributed by atoms with Crippen LogP contribution >= 0.6 is 23.5 Å². The predicted octanol–water partition coefficient (Wildman–Crippen LogP) is 4.31. The van der Waals surface area contributed by atoms with E-state index in [9.17, 15) is 4.79 Å². The molecule has 2 fully saturated rings. The Kier molecular flexibility index (Phi) is 4.97. The van der Waals surface area contributed by atoms with Gasteiger partial charge in [0.15, 0.2) is 0 Å². The van der Waals surface area contributed by atoms with E-state index in [1.807, 2.05) is 6.07 Å². The van der Waals surface area contributed by atoms with Gasteiger partial charge in [-0.15, -0.1) is 23.5 Å². The molecule has 2 saturated heterocycles. The lowest BCUT2D eigenvalue weighted by atomic mass is 9.88. The fourth-order valence-corrected chi connectivity index (χ4v) is 6.95. The van der Waals surface area contributed by atoms with Crippen molar-refractivity contribution in [1.29, 1.82) is 0 Å². The van der Waals surface area contributed by atoms with Gasteiger partial charge in [0, 0.05) is 18.8 Å². The van der Waals surface area contributed by atoms with Crippen LogP contribution in [-0.4, -0.2) is 28.0 Å². The molecule has 1 aromatic rings. The van der Waals surface area contributed by atoms with Gasteiger partial charge in [0.25, 0.3) is 0 Å². The number of aldehydes is 1.